The Morgan fingerprint density at radius 1 is 1.75 bits per heavy atom. The minimum Gasteiger partial charge on any atom is -0.290 e. The molecule has 0 unspecified atom stereocenters. The second-order valence-corrected chi connectivity index (χ2v) is 2.18. The van der Waals surface area contributed by atoms with E-state index in [4.69, 9.17) is 0 Å². The zero-order valence-electron chi connectivity index (χ0n) is 5.02. The van der Waals surface area contributed by atoms with Crippen molar-refractivity contribution in [1.29, 1.82) is 0 Å². The number of hydrogen-bond donors (Lipinski definition) is 1. The molecule has 0 aromatic heterocycles. The van der Waals surface area contributed by atoms with Crippen molar-refractivity contribution in [2.75, 3.05) is 6.54 Å². The second kappa shape index (κ2) is 6.98. The monoisotopic (exact) mass is 133 g/mol. The Bertz CT molecular complexity index is 58.4. The molecule has 0 fully saturated rings. The first-order chi connectivity index (χ1) is 3.91. The quantitative estimate of drug-likeness (QED) is 0.347. The van der Waals surface area contributed by atoms with Crippen molar-refractivity contribution in [2.45, 2.75) is 19.8 Å². The summed E-state index contributed by atoms with van der Waals surface area (Å²) < 4.78 is 2.88. The lowest BCUT2D eigenvalue weighted by Crippen LogP contribution is -2.03. The van der Waals surface area contributed by atoms with Gasteiger partial charge in [-0.3, -0.25) is 9.52 Å². The van der Waals surface area contributed by atoms with Crippen molar-refractivity contribution in [3.63, 3.8) is 0 Å². The molecule has 0 aromatic carbocycles. The molecule has 0 aliphatic carbocycles. The van der Waals surface area contributed by atoms with Crippen LogP contribution >= 0.6 is 11.9 Å². The Balaban J connectivity index is 2.62. The Kier molecular flexibility index (Phi) is 6.96. The summed E-state index contributed by atoms with van der Waals surface area (Å²) in [4.78, 5) is 9.67. The Morgan fingerprint density at radius 2 is 2.50 bits per heavy atom. The van der Waals surface area contributed by atoms with Crippen LogP contribution in [0.15, 0.2) is 0 Å². The van der Waals surface area contributed by atoms with Crippen molar-refractivity contribution in [1.82, 2.24) is 4.72 Å². The molecular weight excluding hydrogens is 122 g/mol. The molecule has 0 aliphatic heterocycles. The molecule has 0 saturated carbocycles. The van der Waals surface area contributed by atoms with Gasteiger partial charge in [0.25, 0.3) is 0 Å². The summed E-state index contributed by atoms with van der Waals surface area (Å²) in [6, 6.07) is 0. The number of carbonyl (C=O) groups is 1. The van der Waals surface area contributed by atoms with Gasteiger partial charge in [-0.15, -0.1) is 0 Å². The van der Waals surface area contributed by atoms with E-state index < -0.39 is 0 Å². The number of carbonyl (C=O) groups excluding carboxylic acids is 1. The molecule has 0 atom stereocenters. The highest BCUT2D eigenvalue weighted by molar-refractivity contribution is 8.10. The molecule has 0 amide bonds. The lowest BCUT2D eigenvalue weighted by molar-refractivity contribution is 0.569. The maximum absolute atomic E-state index is 9.67. The minimum atomic E-state index is 0.801. The summed E-state index contributed by atoms with van der Waals surface area (Å²) in [5, 5.41) is 0. The van der Waals surface area contributed by atoms with Crippen LogP contribution in [0.3, 0.4) is 0 Å². The predicted molar refractivity (Wildman–Crippen MR) is 37.3 cm³/mol. The van der Waals surface area contributed by atoms with Gasteiger partial charge >= 0.3 is 0 Å². The van der Waals surface area contributed by atoms with E-state index in [9.17, 15) is 4.79 Å². The first kappa shape index (κ1) is 7.98. The smallest absolute Gasteiger partial charge is 0.191 e. The summed E-state index contributed by atoms with van der Waals surface area (Å²) in [6.45, 7) is 3.05. The standard InChI is InChI=1S/C5H11NOS/c1-2-3-4-6-8-5-7/h5-6H,2-4H2,1H3. The van der Waals surface area contributed by atoms with Gasteiger partial charge in [0.05, 0.1) is 0 Å². The van der Waals surface area contributed by atoms with Gasteiger partial charge in [-0.2, -0.15) is 0 Å². The summed E-state index contributed by atoms with van der Waals surface area (Å²) in [7, 11) is 0. The average Bonchev–Trinajstić information content (AvgIpc) is 1.81. The van der Waals surface area contributed by atoms with Gasteiger partial charge < -0.3 is 0 Å². The second-order valence-electron chi connectivity index (χ2n) is 1.46. The largest absolute Gasteiger partial charge is 0.290 e. The van der Waals surface area contributed by atoms with E-state index in [2.05, 4.69) is 11.6 Å². The van der Waals surface area contributed by atoms with Gasteiger partial charge in [0.15, 0.2) is 5.62 Å². The zero-order valence-corrected chi connectivity index (χ0v) is 5.83. The van der Waals surface area contributed by atoms with Crippen LogP contribution in [0.5, 0.6) is 0 Å². The van der Waals surface area contributed by atoms with Crippen LogP contribution < -0.4 is 4.72 Å². The Hall–Kier alpha value is -0.0200. The first-order valence-electron chi connectivity index (χ1n) is 2.74. The molecule has 0 rings (SSSR count). The van der Waals surface area contributed by atoms with Crippen LogP contribution in [0.25, 0.3) is 0 Å². The van der Waals surface area contributed by atoms with E-state index in [1.54, 1.807) is 0 Å². The number of hydrogen-bond acceptors (Lipinski definition) is 3. The zero-order chi connectivity index (χ0) is 6.24. The van der Waals surface area contributed by atoms with Crippen LogP contribution in [0, 0.1) is 0 Å². The van der Waals surface area contributed by atoms with E-state index in [0.29, 0.717) is 0 Å². The third-order valence-electron chi connectivity index (χ3n) is 0.764. The maximum atomic E-state index is 9.67. The number of rotatable bonds is 5. The van der Waals surface area contributed by atoms with Crippen molar-refractivity contribution in [3.05, 3.63) is 0 Å². The van der Waals surface area contributed by atoms with Crippen molar-refractivity contribution >= 4 is 17.6 Å². The summed E-state index contributed by atoms with van der Waals surface area (Å²) in [6.07, 6.45) is 2.31. The van der Waals surface area contributed by atoms with Gasteiger partial charge in [-0.25, -0.2) is 0 Å². The third kappa shape index (κ3) is 5.98. The minimum absolute atomic E-state index is 0.801. The third-order valence-corrected chi connectivity index (χ3v) is 1.23. The molecule has 0 spiro atoms. The molecule has 0 aliphatic rings. The maximum Gasteiger partial charge on any atom is 0.191 e. The fraction of sp³-hybridized carbons (Fsp3) is 0.800. The van der Waals surface area contributed by atoms with Crippen LogP contribution in [0.4, 0.5) is 0 Å². The van der Waals surface area contributed by atoms with Crippen molar-refractivity contribution < 1.29 is 4.79 Å². The molecular formula is C5H11NOS. The van der Waals surface area contributed by atoms with Gasteiger partial charge in [-0.05, 0) is 18.4 Å². The molecule has 0 heterocycles. The molecule has 0 radical (unpaired) electrons. The van der Waals surface area contributed by atoms with Gasteiger partial charge in [0.2, 0.25) is 0 Å². The SMILES string of the molecule is CCCCNSC=O. The molecule has 3 heteroatoms. The van der Waals surface area contributed by atoms with E-state index in [1.807, 2.05) is 0 Å². The molecule has 0 bridgehead atoms. The van der Waals surface area contributed by atoms with Crippen LogP contribution in [0.2, 0.25) is 0 Å². The fourth-order valence-electron chi connectivity index (χ4n) is 0.342. The highest BCUT2D eigenvalue weighted by Crippen LogP contribution is 1.87. The predicted octanol–water partition coefficient (Wildman–Crippen LogP) is 1.21. The first-order valence-corrected chi connectivity index (χ1v) is 3.62. The lowest BCUT2D eigenvalue weighted by Gasteiger charge is -1.93. The van der Waals surface area contributed by atoms with Gasteiger partial charge in [-0.1, -0.05) is 13.3 Å². The summed E-state index contributed by atoms with van der Waals surface area (Å²) in [5.41, 5.74) is 0.801. The van der Waals surface area contributed by atoms with E-state index in [1.165, 1.54) is 6.42 Å². The molecule has 1 N–H and O–H groups in total. The van der Waals surface area contributed by atoms with Crippen LogP contribution in [-0.2, 0) is 4.79 Å². The van der Waals surface area contributed by atoms with E-state index >= 15 is 0 Å². The van der Waals surface area contributed by atoms with Crippen molar-refractivity contribution in [2.24, 2.45) is 0 Å². The molecule has 0 saturated heterocycles. The number of unbranched alkanes of at least 4 members (excludes halogenated alkanes) is 1. The van der Waals surface area contributed by atoms with E-state index in [-0.39, 0.29) is 0 Å². The highest BCUT2D eigenvalue weighted by Gasteiger charge is 1.81. The van der Waals surface area contributed by atoms with Gasteiger partial charge in [0, 0.05) is 6.54 Å². The summed E-state index contributed by atoms with van der Waals surface area (Å²) in [5.74, 6) is 0. The Labute approximate surface area is 54.2 Å². The molecule has 2 nitrogen and oxygen atoms in total. The highest BCUT2D eigenvalue weighted by atomic mass is 32.2. The fourth-order valence-corrected chi connectivity index (χ4v) is 0.672. The van der Waals surface area contributed by atoms with Crippen LogP contribution in [0.1, 0.15) is 19.8 Å². The normalized spacial score (nSPS) is 9.12. The molecule has 48 valence electrons. The topological polar surface area (TPSA) is 29.1 Å². The average molecular weight is 133 g/mol. The van der Waals surface area contributed by atoms with Crippen LogP contribution in [-0.4, -0.2) is 12.2 Å². The number of nitrogens with one attached hydrogen (secondary N) is 1. The molecule has 8 heavy (non-hydrogen) atoms. The Morgan fingerprint density at radius 3 is 3.00 bits per heavy atom. The summed E-state index contributed by atoms with van der Waals surface area (Å²) >= 11 is 1.12. The lowest BCUT2D eigenvalue weighted by atomic mass is 10.3. The van der Waals surface area contributed by atoms with Gasteiger partial charge in [0.1, 0.15) is 0 Å². The van der Waals surface area contributed by atoms with E-state index in [0.717, 1.165) is 30.5 Å². The molecule has 0 aromatic rings. The van der Waals surface area contributed by atoms with Crippen molar-refractivity contribution in [3.8, 4) is 0 Å².